The van der Waals surface area contributed by atoms with Crippen LogP contribution in [0.15, 0.2) is 38.9 Å². The number of amides is 1. The van der Waals surface area contributed by atoms with Gasteiger partial charge in [0.05, 0.1) is 5.01 Å². The van der Waals surface area contributed by atoms with Gasteiger partial charge in [-0.1, -0.05) is 12.1 Å². The van der Waals surface area contributed by atoms with Crippen LogP contribution in [0, 0.1) is 5.92 Å². The number of carbonyl (C=O) groups is 1. The minimum absolute atomic E-state index is 0.0260. The van der Waals surface area contributed by atoms with Crippen LogP contribution in [0.4, 0.5) is 0 Å². The fourth-order valence-electron chi connectivity index (χ4n) is 4.99. The maximum absolute atomic E-state index is 13.2. The molecule has 2 aliphatic heterocycles. The van der Waals surface area contributed by atoms with E-state index in [4.69, 9.17) is 4.98 Å². The summed E-state index contributed by atoms with van der Waals surface area (Å²) in [5.74, 6) is 0.765. The lowest BCUT2D eigenvalue weighted by Crippen LogP contribution is -2.39. The van der Waals surface area contributed by atoms with Gasteiger partial charge in [0.15, 0.2) is 0 Å². The summed E-state index contributed by atoms with van der Waals surface area (Å²) >= 11 is 2.80. The van der Waals surface area contributed by atoms with E-state index in [-0.39, 0.29) is 11.8 Å². The fraction of sp³-hybridized carbons (Fsp3) is 0.545. The third-order valence-electron chi connectivity index (χ3n) is 6.65. The van der Waals surface area contributed by atoms with Crippen LogP contribution < -0.4 is 0 Å². The molecule has 0 radical (unpaired) electrons. The highest BCUT2D eigenvalue weighted by Gasteiger charge is 2.34. The molecule has 31 heavy (non-hydrogen) atoms. The van der Waals surface area contributed by atoms with E-state index >= 15 is 0 Å². The molecule has 9 heteroatoms. The van der Waals surface area contributed by atoms with Crippen molar-refractivity contribution >= 4 is 38.6 Å². The molecule has 0 bridgehead atoms. The van der Waals surface area contributed by atoms with Crippen LogP contribution in [0.2, 0.25) is 0 Å². The second-order valence-corrected chi connectivity index (χ2v) is 12.5. The third kappa shape index (κ3) is 4.13. The molecule has 2 fully saturated rings. The molecule has 2 aromatic rings. The number of thiophene rings is 1. The molecule has 166 valence electrons. The Morgan fingerprint density at radius 2 is 1.84 bits per heavy atom. The van der Waals surface area contributed by atoms with Gasteiger partial charge in [-0.05, 0) is 62.3 Å². The largest absolute Gasteiger partial charge is 0.311 e. The summed E-state index contributed by atoms with van der Waals surface area (Å²) in [6.45, 7) is 1.77. The quantitative estimate of drug-likeness (QED) is 0.640. The average Bonchev–Trinajstić information content (AvgIpc) is 3.51. The smallest absolute Gasteiger partial charge is 0.277 e. The lowest BCUT2D eigenvalue weighted by Gasteiger charge is -2.37. The number of allylic oxidation sites excluding steroid dienone is 2. The Hall–Kier alpha value is -1.55. The first-order valence-electron chi connectivity index (χ1n) is 11.0. The normalized spacial score (nSPS) is 23.4. The summed E-state index contributed by atoms with van der Waals surface area (Å²) in [5, 5.41) is 4.64. The molecular weight excluding hydrogens is 450 g/mol. The third-order valence-corrected chi connectivity index (χ3v) is 10.9. The van der Waals surface area contributed by atoms with E-state index in [0.29, 0.717) is 28.9 Å². The highest BCUT2D eigenvalue weighted by atomic mass is 32.2. The van der Waals surface area contributed by atoms with Crippen LogP contribution in [-0.4, -0.2) is 48.1 Å². The molecule has 6 nitrogen and oxygen atoms in total. The van der Waals surface area contributed by atoms with Gasteiger partial charge in [-0.3, -0.25) is 4.79 Å². The second kappa shape index (κ2) is 8.77. The summed E-state index contributed by atoms with van der Waals surface area (Å²) in [6.07, 6.45) is 9.44. The molecule has 5 rings (SSSR count). The van der Waals surface area contributed by atoms with Gasteiger partial charge in [0.1, 0.15) is 9.90 Å². The van der Waals surface area contributed by atoms with Gasteiger partial charge in [-0.25, -0.2) is 13.4 Å². The zero-order valence-corrected chi connectivity index (χ0v) is 19.9. The van der Waals surface area contributed by atoms with Crippen LogP contribution in [-0.2, 0) is 10.0 Å². The van der Waals surface area contributed by atoms with Crippen molar-refractivity contribution in [3.05, 3.63) is 45.4 Å². The van der Waals surface area contributed by atoms with Gasteiger partial charge in [0, 0.05) is 36.6 Å². The molecule has 0 aromatic carbocycles. The molecule has 0 saturated carbocycles. The number of thiazole rings is 1. The molecule has 0 spiro atoms. The van der Waals surface area contributed by atoms with Gasteiger partial charge >= 0.3 is 0 Å². The molecule has 4 heterocycles. The number of hydrogen-bond donors (Lipinski definition) is 0. The van der Waals surface area contributed by atoms with E-state index < -0.39 is 10.0 Å². The highest BCUT2D eigenvalue weighted by molar-refractivity contribution is 7.91. The molecule has 0 N–H and O–H groups in total. The molecule has 2 aromatic heterocycles. The van der Waals surface area contributed by atoms with Crippen molar-refractivity contribution in [2.75, 3.05) is 19.6 Å². The number of carbonyl (C=O) groups excluding carboxylic acids is 1. The zero-order chi connectivity index (χ0) is 21.4. The minimum atomic E-state index is -3.39. The van der Waals surface area contributed by atoms with Gasteiger partial charge in [-0.15, -0.1) is 22.7 Å². The van der Waals surface area contributed by atoms with Crippen LogP contribution in [0.25, 0.3) is 0 Å². The van der Waals surface area contributed by atoms with Crippen LogP contribution in [0.5, 0.6) is 0 Å². The van der Waals surface area contributed by atoms with Crippen molar-refractivity contribution in [2.45, 2.75) is 55.1 Å². The van der Waals surface area contributed by atoms with Gasteiger partial charge in [-0.2, -0.15) is 4.31 Å². The Balaban J connectivity index is 1.25. The van der Waals surface area contributed by atoms with Crippen LogP contribution in [0.1, 0.15) is 66.4 Å². The van der Waals surface area contributed by atoms with E-state index in [9.17, 15) is 13.2 Å². The summed E-state index contributed by atoms with van der Waals surface area (Å²) in [4.78, 5) is 19.9. The fourth-order valence-corrected chi connectivity index (χ4v) is 8.57. The molecule has 1 aliphatic carbocycles. The monoisotopic (exact) mass is 477 g/mol. The van der Waals surface area contributed by atoms with E-state index in [0.717, 1.165) is 37.2 Å². The van der Waals surface area contributed by atoms with Gasteiger partial charge < -0.3 is 4.90 Å². The number of sulfonamides is 1. The van der Waals surface area contributed by atoms with Crippen molar-refractivity contribution in [3.63, 3.8) is 0 Å². The van der Waals surface area contributed by atoms with E-state index in [1.54, 1.807) is 33.2 Å². The van der Waals surface area contributed by atoms with Crippen molar-refractivity contribution in [3.8, 4) is 0 Å². The number of piperidine rings is 2. The second-order valence-electron chi connectivity index (χ2n) is 8.54. The number of fused-ring (bicyclic) bond motifs is 1. The molecule has 1 amide bonds. The van der Waals surface area contributed by atoms with Gasteiger partial charge in [0.2, 0.25) is 0 Å². The number of likely N-dealkylation sites (tertiary alicyclic amines) is 1. The number of aromatic nitrogens is 1. The Labute approximate surface area is 191 Å². The van der Waals surface area contributed by atoms with Crippen molar-refractivity contribution in [2.24, 2.45) is 5.92 Å². The average molecular weight is 478 g/mol. The van der Waals surface area contributed by atoms with Crippen molar-refractivity contribution < 1.29 is 13.2 Å². The first-order valence-corrected chi connectivity index (χ1v) is 14.2. The Kier molecular flexibility index (Phi) is 6.02. The van der Waals surface area contributed by atoms with E-state index in [1.165, 1.54) is 36.3 Å². The first-order chi connectivity index (χ1) is 15.0. The summed E-state index contributed by atoms with van der Waals surface area (Å²) in [7, 11) is -3.39. The molecule has 3 aliphatic rings. The number of rotatable bonds is 4. The number of nitrogens with zero attached hydrogens (tertiary/aromatic N) is 3. The summed E-state index contributed by atoms with van der Waals surface area (Å²) in [5.41, 5.74) is 1.75. The number of hydrogen-bond acceptors (Lipinski definition) is 6. The molecule has 1 atom stereocenters. The lowest BCUT2D eigenvalue weighted by molar-refractivity contribution is 0.0743. The predicted molar refractivity (Wildman–Crippen MR) is 123 cm³/mol. The SMILES string of the molecule is O=C(c1csc(C2CCN(S(=O)(=O)c3cccs3)CC2)n1)N1CCCC2CCCC=C21. The minimum Gasteiger partial charge on any atom is -0.311 e. The lowest BCUT2D eigenvalue weighted by atomic mass is 9.85. The van der Waals surface area contributed by atoms with Gasteiger partial charge in [0.25, 0.3) is 15.9 Å². The standard InChI is InChI=1S/C22H27N3O3S3/c26-22(25-11-3-6-16-5-1-2-7-19(16)25)18-15-30-21(23-18)17-9-12-24(13-10-17)31(27,28)20-8-4-14-29-20/h4,7-8,14-17H,1-3,5-6,9-13H2. The highest BCUT2D eigenvalue weighted by Crippen LogP contribution is 2.37. The first kappa shape index (κ1) is 21.3. The Bertz CT molecular complexity index is 1070. The van der Waals surface area contributed by atoms with E-state index in [1.807, 2.05) is 10.3 Å². The van der Waals surface area contributed by atoms with Crippen molar-refractivity contribution in [1.29, 1.82) is 0 Å². The van der Waals surface area contributed by atoms with E-state index in [2.05, 4.69) is 6.08 Å². The summed E-state index contributed by atoms with van der Waals surface area (Å²) in [6, 6.07) is 3.43. The van der Waals surface area contributed by atoms with Crippen molar-refractivity contribution in [1.82, 2.24) is 14.2 Å². The zero-order valence-electron chi connectivity index (χ0n) is 17.4. The summed E-state index contributed by atoms with van der Waals surface area (Å²) < 4.78 is 27.5. The topological polar surface area (TPSA) is 70.6 Å². The maximum Gasteiger partial charge on any atom is 0.277 e. The Morgan fingerprint density at radius 3 is 2.61 bits per heavy atom. The predicted octanol–water partition coefficient (Wildman–Crippen LogP) is 4.69. The van der Waals surface area contributed by atoms with Crippen LogP contribution in [0.3, 0.4) is 0 Å². The Morgan fingerprint density at radius 1 is 1.03 bits per heavy atom. The molecule has 2 saturated heterocycles. The van der Waals surface area contributed by atoms with Crippen LogP contribution >= 0.6 is 22.7 Å². The molecular formula is C22H27N3O3S3. The maximum atomic E-state index is 13.2. The molecule has 1 unspecified atom stereocenters.